The molecule has 1 aromatic carbocycles. The van der Waals surface area contributed by atoms with Gasteiger partial charge in [-0.2, -0.15) is 4.31 Å². The van der Waals surface area contributed by atoms with Gasteiger partial charge in [-0.3, -0.25) is 0 Å². The summed E-state index contributed by atoms with van der Waals surface area (Å²) in [6, 6.07) is 6.17. The van der Waals surface area contributed by atoms with Crippen molar-refractivity contribution in [3.05, 3.63) is 35.9 Å². The van der Waals surface area contributed by atoms with E-state index in [1.165, 1.54) is 22.5 Å². The van der Waals surface area contributed by atoms with Crippen molar-refractivity contribution in [2.45, 2.75) is 24.7 Å². The van der Waals surface area contributed by atoms with Gasteiger partial charge >= 0.3 is 0 Å². The number of sulfonamides is 1. The van der Waals surface area contributed by atoms with E-state index in [-0.39, 0.29) is 4.90 Å². The van der Waals surface area contributed by atoms with Gasteiger partial charge in [0.2, 0.25) is 10.0 Å². The highest BCUT2D eigenvalue weighted by Crippen LogP contribution is 2.23. The molecule has 0 unspecified atom stereocenters. The lowest BCUT2D eigenvalue weighted by molar-refractivity contribution is -0.297. The predicted octanol–water partition coefficient (Wildman–Crippen LogP) is 0.870. The number of nitrogens with zero attached hydrogens (tertiary/aromatic N) is 1. The summed E-state index contributed by atoms with van der Waals surface area (Å²) in [5.41, 5.74) is 0.616. The Labute approximate surface area is 124 Å². The van der Waals surface area contributed by atoms with Gasteiger partial charge in [0, 0.05) is 13.1 Å². The topological polar surface area (TPSA) is 77.5 Å². The molecule has 1 aliphatic rings. The second kappa shape index (κ2) is 6.41. The first-order valence-electron chi connectivity index (χ1n) is 6.89. The summed E-state index contributed by atoms with van der Waals surface area (Å²) < 4.78 is 26.5. The molecule has 1 heterocycles. The number of rotatable bonds is 4. The molecule has 0 atom stereocenters. The summed E-state index contributed by atoms with van der Waals surface area (Å²) in [7, 11) is -3.45. The largest absolute Gasteiger partial charge is 0.545 e. The molecular formula is C15H18NO4S-. The fourth-order valence-corrected chi connectivity index (χ4v) is 3.76. The first kappa shape index (κ1) is 15.7. The van der Waals surface area contributed by atoms with Gasteiger partial charge < -0.3 is 9.90 Å². The predicted molar refractivity (Wildman–Crippen MR) is 77.6 cm³/mol. The van der Waals surface area contributed by atoms with Crippen LogP contribution in [0.25, 0.3) is 6.08 Å². The number of hydrogen-bond donors (Lipinski definition) is 0. The number of benzene rings is 1. The van der Waals surface area contributed by atoms with Crippen molar-refractivity contribution in [2.75, 3.05) is 13.1 Å². The van der Waals surface area contributed by atoms with E-state index < -0.39 is 16.0 Å². The Morgan fingerprint density at radius 1 is 1.24 bits per heavy atom. The third kappa shape index (κ3) is 3.92. The Balaban J connectivity index is 2.15. The molecule has 0 spiro atoms. The maximum atomic E-state index is 12.5. The van der Waals surface area contributed by atoms with Crippen LogP contribution in [0.5, 0.6) is 0 Å². The van der Waals surface area contributed by atoms with E-state index in [1.807, 2.05) is 0 Å². The minimum absolute atomic E-state index is 0.239. The lowest BCUT2D eigenvalue weighted by Crippen LogP contribution is -2.37. The molecule has 1 aliphatic heterocycles. The van der Waals surface area contributed by atoms with Crippen LogP contribution >= 0.6 is 0 Å². The molecule has 6 heteroatoms. The zero-order valence-electron chi connectivity index (χ0n) is 11.9. The Morgan fingerprint density at radius 2 is 1.81 bits per heavy atom. The molecule has 0 aromatic heterocycles. The molecule has 2 rings (SSSR count). The molecule has 0 saturated carbocycles. The van der Waals surface area contributed by atoms with E-state index in [2.05, 4.69) is 6.92 Å². The van der Waals surface area contributed by atoms with Crippen LogP contribution in [0.15, 0.2) is 35.2 Å². The van der Waals surface area contributed by atoms with E-state index in [1.54, 1.807) is 12.1 Å². The zero-order chi connectivity index (χ0) is 15.5. The maximum Gasteiger partial charge on any atom is 0.243 e. The third-order valence-corrected chi connectivity index (χ3v) is 5.59. The van der Waals surface area contributed by atoms with Crippen molar-refractivity contribution >= 4 is 22.1 Å². The monoisotopic (exact) mass is 308 g/mol. The van der Waals surface area contributed by atoms with Crippen LogP contribution in [0.2, 0.25) is 0 Å². The summed E-state index contributed by atoms with van der Waals surface area (Å²) in [4.78, 5) is 10.6. The fraction of sp³-hybridized carbons (Fsp3) is 0.400. The summed E-state index contributed by atoms with van der Waals surface area (Å²) in [6.45, 7) is 3.23. The first-order valence-corrected chi connectivity index (χ1v) is 8.33. The summed E-state index contributed by atoms with van der Waals surface area (Å²) >= 11 is 0. The summed E-state index contributed by atoms with van der Waals surface area (Å²) in [6.07, 6.45) is 4.04. The lowest BCUT2D eigenvalue weighted by Gasteiger charge is -2.29. The minimum Gasteiger partial charge on any atom is -0.545 e. The lowest BCUT2D eigenvalue weighted by atomic mass is 10.0. The first-order chi connectivity index (χ1) is 9.89. The van der Waals surface area contributed by atoms with Gasteiger partial charge in [0.05, 0.1) is 10.9 Å². The molecular weight excluding hydrogens is 290 g/mol. The van der Waals surface area contributed by atoms with Crippen molar-refractivity contribution in [1.82, 2.24) is 4.31 Å². The SMILES string of the molecule is CC1CCN(S(=O)(=O)c2ccc(C=CC(=O)[O-])cc2)CC1. The molecule has 21 heavy (non-hydrogen) atoms. The summed E-state index contributed by atoms with van der Waals surface area (Å²) in [5, 5.41) is 10.3. The number of piperidine rings is 1. The van der Waals surface area contributed by atoms with Crippen molar-refractivity contribution in [2.24, 2.45) is 5.92 Å². The fourth-order valence-electron chi connectivity index (χ4n) is 2.29. The number of carboxylic acid groups (broad SMARTS) is 1. The molecule has 114 valence electrons. The molecule has 0 amide bonds. The van der Waals surface area contributed by atoms with E-state index in [0.717, 1.165) is 18.9 Å². The second-order valence-corrected chi connectivity index (χ2v) is 7.25. The van der Waals surface area contributed by atoms with E-state index in [4.69, 9.17) is 0 Å². The number of carbonyl (C=O) groups is 1. The third-order valence-electron chi connectivity index (χ3n) is 3.67. The van der Waals surface area contributed by atoms with Crippen LogP contribution in [-0.2, 0) is 14.8 Å². The normalized spacial score (nSPS) is 18.1. The highest BCUT2D eigenvalue weighted by Gasteiger charge is 2.27. The minimum atomic E-state index is -3.45. The van der Waals surface area contributed by atoms with Crippen LogP contribution in [0.4, 0.5) is 0 Å². The van der Waals surface area contributed by atoms with Gasteiger partial charge in [-0.25, -0.2) is 8.42 Å². The van der Waals surface area contributed by atoms with Crippen molar-refractivity contribution in [3.63, 3.8) is 0 Å². The van der Waals surface area contributed by atoms with E-state index in [9.17, 15) is 18.3 Å². The van der Waals surface area contributed by atoms with Gasteiger partial charge in [0.25, 0.3) is 0 Å². The van der Waals surface area contributed by atoms with Crippen LogP contribution < -0.4 is 5.11 Å². The molecule has 0 aliphatic carbocycles. The number of carboxylic acids is 1. The highest BCUT2D eigenvalue weighted by atomic mass is 32.2. The van der Waals surface area contributed by atoms with Crippen LogP contribution in [0.3, 0.4) is 0 Å². The quantitative estimate of drug-likeness (QED) is 0.773. The standard InChI is InChI=1S/C15H19NO4S/c1-12-8-10-16(11-9-12)21(19,20)14-5-2-13(3-6-14)4-7-15(17)18/h2-7,12H,8-11H2,1H3,(H,17,18)/p-1. The Hall–Kier alpha value is -1.66. The molecule has 0 N–H and O–H groups in total. The van der Waals surface area contributed by atoms with Crippen molar-refractivity contribution in [3.8, 4) is 0 Å². The van der Waals surface area contributed by atoms with Gasteiger partial charge in [-0.15, -0.1) is 0 Å². The van der Waals surface area contributed by atoms with Crippen LogP contribution in [0.1, 0.15) is 25.3 Å². The summed E-state index contributed by atoms with van der Waals surface area (Å²) in [5.74, 6) is -0.720. The number of aliphatic carboxylic acids is 1. The molecule has 5 nitrogen and oxygen atoms in total. The van der Waals surface area contributed by atoms with Gasteiger partial charge in [0.1, 0.15) is 0 Å². The molecule has 1 saturated heterocycles. The van der Waals surface area contributed by atoms with Crippen molar-refractivity contribution in [1.29, 1.82) is 0 Å². The smallest absolute Gasteiger partial charge is 0.243 e. The molecule has 0 radical (unpaired) electrons. The van der Waals surface area contributed by atoms with Gasteiger partial charge in [0.15, 0.2) is 0 Å². The maximum absolute atomic E-state index is 12.5. The Kier molecular flexibility index (Phi) is 4.80. The van der Waals surface area contributed by atoms with E-state index in [0.29, 0.717) is 24.6 Å². The average molecular weight is 308 g/mol. The molecule has 1 aromatic rings. The number of hydrogen-bond acceptors (Lipinski definition) is 4. The zero-order valence-corrected chi connectivity index (χ0v) is 12.7. The second-order valence-electron chi connectivity index (χ2n) is 5.31. The van der Waals surface area contributed by atoms with E-state index >= 15 is 0 Å². The van der Waals surface area contributed by atoms with Crippen LogP contribution in [-0.4, -0.2) is 31.8 Å². The Bertz CT molecular complexity index is 626. The van der Waals surface area contributed by atoms with Crippen LogP contribution in [0, 0.1) is 5.92 Å². The van der Waals surface area contributed by atoms with Crippen molar-refractivity contribution < 1.29 is 18.3 Å². The molecule has 0 bridgehead atoms. The molecule has 1 fully saturated rings. The van der Waals surface area contributed by atoms with Gasteiger partial charge in [-0.1, -0.05) is 25.1 Å². The average Bonchev–Trinajstić information content (AvgIpc) is 2.46. The van der Waals surface area contributed by atoms with Gasteiger partial charge in [-0.05, 0) is 42.5 Å². The number of carbonyl (C=O) groups excluding carboxylic acids is 1. The Morgan fingerprint density at radius 3 is 2.33 bits per heavy atom. The highest BCUT2D eigenvalue weighted by molar-refractivity contribution is 7.89.